The van der Waals surface area contributed by atoms with Crippen LogP contribution in [-0.4, -0.2) is 28.9 Å². The van der Waals surface area contributed by atoms with Gasteiger partial charge in [-0.25, -0.2) is 4.98 Å². The van der Waals surface area contributed by atoms with E-state index in [2.05, 4.69) is 4.98 Å². The van der Waals surface area contributed by atoms with Crippen LogP contribution in [0.5, 0.6) is 0 Å². The molecule has 0 saturated carbocycles. The van der Waals surface area contributed by atoms with E-state index in [-0.39, 0.29) is 11.9 Å². The molecule has 1 aromatic heterocycles. The minimum atomic E-state index is -0.0765. The first-order chi connectivity index (χ1) is 10.0. The lowest BCUT2D eigenvalue weighted by atomic mass is 10.1. The first kappa shape index (κ1) is 15.9. The van der Waals surface area contributed by atoms with Gasteiger partial charge in [0.25, 0.3) is 5.91 Å². The van der Waals surface area contributed by atoms with Gasteiger partial charge in [-0.2, -0.15) is 0 Å². The molecular formula is C15H18ClN3OS. The van der Waals surface area contributed by atoms with E-state index in [1.165, 1.54) is 11.3 Å². The number of nitrogens with zero attached hydrogens (tertiary/aromatic N) is 2. The van der Waals surface area contributed by atoms with Gasteiger partial charge in [0.05, 0.1) is 0 Å². The number of aromatic nitrogens is 1. The van der Waals surface area contributed by atoms with Crippen LogP contribution in [0.4, 0.5) is 0 Å². The quantitative estimate of drug-likeness (QED) is 0.920. The van der Waals surface area contributed by atoms with E-state index in [9.17, 15) is 4.79 Å². The average molecular weight is 324 g/mol. The van der Waals surface area contributed by atoms with Crippen molar-refractivity contribution >= 4 is 28.8 Å². The van der Waals surface area contributed by atoms with Gasteiger partial charge in [0, 0.05) is 30.0 Å². The van der Waals surface area contributed by atoms with E-state index in [1.807, 2.05) is 31.2 Å². The van der Waals surface area contributed by atoms with E-state index in [1.54, 1.807) is 17.3 Å². The molecule has 4 nitrogen and oxygen atoms in total. The summed E-state index contributed by atoms with van der Waals surface area (Å²) in [6.45, 7) is 2.38. The van der Waals surface area contributed by atoms with Crippen molar-refractivity contribution in [2.45, 2.75) is 25.9 Å². The summed E-state index contributed by atoms with van der Waals surface area (Å²) in [6, 6.07) is 7.75. The lowest BCUT2D eigenvalue weighted by molar-refractivity contribution is 0.0738. The van der Waals surface area contributed by atoms with E-state index >= 15 is 0 Å². The maximum atomic E-state index is 12.4. The molecule has 0 spiro atoms. The number of nitrogens with two attached hydrogens (primary N) is 1. The van der Waals surface area contributed by atoms with E-state index in [4.69, 9.17) is 17.3 Å². The smallest absolute Gasteiger partial charge is 0.273 e. The van der Waals surface area contributed by atoms with Gasteiger partial charge in [0.2, 0.25) is 0 Å². The number of thiazole rings is 1. The van der Waals surface area contributed by atoms with Crippen molar-refractivity contribution < 1.29 is 4.79 Å². The molecule has 0 aliphatic heterocycles. The van der Waals surface area contributed by atoms with Crippen molar-refractivity contribution in [2.24, 2.45) is 5.73 Å². The van der Waals surface area contributed by atoms with Crippen molar-refractivity contribution in [3.63, 3.8) is 0 Å². The topological polar surface area (TPSA) is 59.2 Å². The molecule has 0 aliphatic rings. The van der Waals surface area contributed by atoms with Gasteiger partial charge < -0.3 is 10.6 Å². The van der Waals surface area contributed by atoms with Gasteiger partial charge in [-0.1, -0.05) is 23.7 Å². The Morgan fingerprint density at radius 1 is 1.43 bits per heavy atom. The van der Waals surface area contributed by atoms with Crippen molar-refractivity contribution in [1.82, 2.24) is 9.88 Å². The number of benzene rings is 1. The first-order valence-electron chi connectivity index (χ1n) is 6.67. The van der Waals surface area contributed by atoms with E-state index in [0.717, 1.165) is 17.0 Å². The molecule has 1 atom stereocenters. The molecule has 6 heteroatoms. The lowest BCUT2D eigenvalue weighted by Gasteiger charge is -2.24. The van der Waals surface area contributed by atoms with Gasteiger partial charge in [0.1, 0.15) is 10.7 Å². The highest BCUT2D eigenvalue weighted by atomic mass is 35.5. The SMILES string of the molecule is CC(Cc1ccc(Cl)cc1)N(C)C(=O)c1csc(CN)n1. The fourth-order valence-corrected chi connectivity index (χ4v) is 2.76. The van der Waals surface area contributed by atoms with Gasteiger partial charge in [0.15, 0.2) is 0 Å². The summed E-state index contributed by atoms with van der Waals surface area (Å²) in [4.78, 5) is 18.3. The number of likely N-dealkylation sites (N-methyl/N-ethyl adjacent to an activating group) is 1. The molecule has 2 N–H and O–H groups in total. The number of rotatable bonds is 5. The number of hydrogen-bond acceptors (Lipinski definition) is 4. The Bertz CT molecular complexity index is 612. The summed E-state index contributed by atoms with van der Waals surface area (Å²) in [5, 5.41) is 3.25. The van der Waals surface area contributed by atoms with Crippen LogP contribution in [0.3, 0.4) is 0 Å². The van der Waals surface area contributed by atoms with Crippen LogP contribution in [0, 0.1) is 0 Å². The first-order valence-corrected chi connectivity index (χ1v) is 7.93. The zero-order valence-electron chi connectivity index (χ0n) is 12.0. The van der Waals surface area contributed by atoms with Gasteiger partial charge in [-0.3, -0.25) is 4.79 Å². The van der Waals surface area contributed by atoms with Crippen molar-refractivity contribution in [1.29, 1.82) is 0 Å². The highest BCUT2D eigenvalue weighted by Crippen LogP contribution is 2.15. The van der Waals surface area contributed by atoms with Crippen LogP contribution in [0.15, 0.2) is 29.6 Å². The maximum Gasteiger partial charge on any atom is 0.273 e. The zero-order chi connectivity index (χ0) is 15.4. The molecule has 0 bridgehead atoms. The molecule has 0 aliphatic carbocycles. The highest BCUT2D eigenvalue weighted by Gasteiger charge is 2.20. The Hall–Kier alpha value is -1.43. The standard InChI is InChI=1S/C15H18ClN3OS/c1-10(7-11-3-5-12(16)6-4-11)19(2)15(20)13-9-21-14(8-17)18-13/h3-6,9-10H,7-8,17H2,1-2H3. The molecular weight excluding hydrogens is 306 g/mol. The van der Waals surface area contributed by atoms with Crippen LogP contribution < -0.4 is 5.73 Å². The van der Waals surface area contributed by atoms with Crippen molar-refractivity contribution in [3.05, 3.63) is 50.9 Å². The van der Waals surface area contributed by atoms with Crippen molar-refractivity contribution in [2.75, 3.05) is 7.05 Å². The third-order valence-corrected chi connectivity index (χ3v) is 4.49. The second kappa shape index (κ2) is 7.02. The summed E-state index contributed by atoms with van der Waals surface area (Å²) in [5.74, 6) is -0.0765. The fraction of sp³-hybridized carbons (Fsp3) is 0.333. The van der Waals surface area contributed by atoms with Gasteiger partial charge in [-0.15, -0.1) is 11.3 Å². The predicted molar refractivity (Wildman–Crippen MR) is 86.7 cm³/mol. The molecule has 2 rings (SSSR count). The van der Waals surface area contributed by atoms with Gasteiger partial charge in [-0.05, 0) is 31.0 Å². The average Bonchev–Trinajstić information content (AvgIpc) is 2.97. The van der Waals surface area contributed by atoms with Crippen molar-refractivity contribution in [3.8, 4) is 0 Å². The van der Waals surface area contributed by atoms with Gasteiger partial charge >= 0.3 is 0 Å². The summed E-state index contributed by atoms with van der Waals surface area (Å²) in [7, 11) is 1.80. The maximum absolute atomic E-state index is 12.4. The lowest BCUT2D eigenvalue weighted by Crippen LogP contribution is -2.36. The summed E-state index contributed by atoms with van der Waals surface area (Å²) in [6.07, 6.45) is 0.771. The van der Waals surface area contributed by atoms with Crippen LogP contribution >= 0.6 is 22.9 Å². The molecule has 2 aromatic rings. The summed E-state index contributed by atoms with van der Waals surface area (Å²) >= 11 is 7.29. The number of amides is 1. The highest BCUT2D eigenvalue weighted by molar-refractivity contribution is 7.09. The Morgan fingerprint density at radius 2 is 2.10 bits per heavy atom. The van der Waals surface area contributed by atoms with Crippen LogP contribution in [0.25, 0.3) is 0 Å². The third-order valence-electron chi connectivity index (χ3n) is 3.37. The largest absolute Gasteiger partial charge is 0.337 e. The Morgan fingerprint density at radius 3 is 2.67 bits per heavy atom. The Kier molecular flexibility index (Phi) is 5.33. The second-order valence-corrected chi connectivity index (χ2v) is 6.31. The summed E-state index contributed by atoms with van der Waals surface area (Å²) in [5.41, 5.74) is 7.14. The van der Waals surface area contributed by atoms with Crippen LogP contribution in [0.1, 0.15) is 28.0 Å². The van der Waals surface area contributed by atoms with E-state index in [0.29, 0.717) is 17.3 Å². The van der Waals surface area contributed by atoms with E-state index < -0.39 is 0 Å². The molecule has 112 valence electrons. The molecule has 1 unspecified atom stereocenters. The fourth-order valence-electron chi connectivity index (χ4n) is 1.98. The zero-order valence-corrected chi connectivity index (χ0v) is 13.6. The monoisotopic (exact) mass is 323 g/mol. The molecule has 1 heterocycles. The molecule has 1 amide bonds. The molecule has 1 aromatic carbocycles. The van der Waals surface area contributed by atoms with Crippen LogP contribution in [-0.2, 0) is 13.0 Å². The number of carbonyl (C=O) groups excluding carboxylic acids is 1. The third kappa shape index (κ3) is 4.03. The molecule has 0 fully saturated rings. The molecule has 0 saturated heterocycles. The Balaban J connectivity index is 2.02. The normalized spacial score (nSPS) is 12.2. The number of halogens is 1. The minimum absolute atomic E-state index is 0.0710. The summed E-state index contributed by atoms with van der Waals surface area (Å²) < 4.78 is 0. The second-order valence-electron chi connectivity index (χ2n) is 4.93. The number of hydrogen-bond donors (Lipinski definition) is 1. The van der Waals surface area contributed by atoms with Crippen LogP contribution in [0.2, 0.25) is 5.02 Å². The Labute approximate surface area is 133 Å². The molecule has 21 heavy (non-hydrogen) atoms. The molecule has 0 radical (unpaired) electrons. The predicted octanol–water partition coefficient (Wildman–Crippen LogP) is 2.96. The minimum Gasteiger partial charge on any atom is -0.337 e. The number of carbonyl (C=O) groups is 1.